The largest absolute Gasteiger partial charge is 0.431 e. The minimum atomic E-state index is -2.92. The summed E-state index contributed by atoms with van der Waals surface area (Å²) < 4.78 is 31.7. The van der Waals surface area contributed by atoms with E-state index < -0.39 is 6.61 Å². The highest BCUT2D eigenvalue weighted by molar-refractivity contribution is 9.10. The van der Waals surface area contributed by atoms with E-state index in [-0.39, 0.29) is 11.8 Å². The van der Waals surface area contributed by atoms with Crippen LogP contribution in [0.5, 0.6) is 5.75 Å². The predicted octanol–water partition coefficient (Wildman–Crippen LogP) is 4.61. The van der Waals surface area contributed by atoms with E-state index in [1.165, 1.54) is 12.1 Å². The van der Waals surface area contributed by atoms with E-state index in [4.69, 9.17) is 11.6 Å². The summed E-state index contributed by atoms with van der Waals surface area (Å²) in [4.78, 5) is 0. The first-order valence-electron chi connectivity index (χ1n) is 6.06. The van der Waals surface area contributed by atoms with Crippen molar-refractivity contribution >= 4 is 33.2 Å². The Hall–Kier alpha value is -1.34. The number of aryl methyl sites for hydroxylation is 1. The van der Waals surface area contributed by atoms with Gasteiger partial charge in [0.25, 0.3) is 0 Å². The molecular formula is C13H13BrClF2N3O. The molecule has 1 heterocycles. The quantitative estimate of drug-likeness (QED) is 0.823. The molecule has 1 atom stereocenters. The van der Waals surface area contributed by atoms with Gasteiger partial charge < -0.3 is 10.1 Å². The van der Waals surface area contributed by atoms with Gasteiger partial charge in [-0.05, 0) is 41.1 Å². The number of nitrogens with one attached hydrogen (secondary N) is 1. The van der Waals surface area contributed by atoms with Crippen molar-refractivity contribution in [2.24, 2.45) is 7.05 Å². The van der Waals surface area contributed by atoms with E-state index in [9.17, 15) is 8.78 Å². The Morgan fingerprint density at radius 2 is 2.14 bits per heavy atom. The Kier molecular flexibility index (Phi) is 5.05. The van der Waals surface area contributed by atoms with Gasteiger partial charge in [-0.3, -0.25) is 4.68 Å². The first-order chi connectivity index (χ1) is 9.88. The third-order valence-electron chi connectivity index (χ3n) is 2.89. The number of halogens is 4. The minimum Gasteiger partial charge on any atom is -0.431 e. The molecule has 1 aromatic heterocycles. The zero-order chi connectivity index (χ0) is 15.6. The summed E-state index contributed by atoms with van der Waals surface area (Å²) in [5.74, 6) is 0.0171. The molecule has 1 N–H and O–H groups in total. The van der Waals surface area contributed by atoms with Crippen molar-refractivity contribution in [2.45, 2.75) is 19.6 Å². The number of nitrogens with zero attached hydrogens (tertiary/aromatic N) is 2. The number of aromatic nitrogens is 2. The summed E-state index contributed by atoms with van der Waals surface area (Å²) in [7, 11) is 1.80. The van der Waals surface area contributed by atoms with Crippen LogP contribution in [0.3, 0.4) is 0 Å². The molecule has 0 aliphatic rings. The lowest BCUT2D eigenvalue weighted by Gasteiger charge is -2.19. The van der Waals surface area contributed by atoms with Crippen molar-refractivity contribution < 1.29 is 13.5 Å². The molecular weight excluding hydrogens is 368 g/mol. The van der Waals surface area contributed by atoms with E-state index in [0.29, 0.717) is 15.2 Å². The Morgan fingerprint density at radius 1 is 1.43 bits per heavy atom. The van der Waals surface area contributed by atoms with Crippen molar-refractivity contribution in [1.29, 1.82) is 0 Å². The van der Waals surface area contributed by atoms with Gasteiger partial charge >= 0.3 is 6.61 Å². The summed E-state index contributed by atoms with van der Waals surface area (Å²) >= 11 is 9.15. The lowest BCUT2D eigenvalue weighted by atomic mass is 10.2. The number of hydrogen-bond acceptors (Lipinski definition) is 3. The molecule has 2 rings (SSSR count). The SMILES string of the molecule is CC(Nc1cc(Cl)cc(Br)c1OC(F)F)c1ccnn1C. The van der Waals surface area contributed by atoms with Crippen LogP contribution in [-0.2, 0) is 7.05 Å². The summed E-state index contributed by atoms with van der Waals surface area (Å²) in [5.41, 5.74) is 1.28. The predicted molar refractivity (Wildman–Crippen MR) is 81.0 cm³/mol. The van der Waals surface area contributed by atoms with Crippen molar-refractivity contribution in [3.05, 3.63) is 39.6 Å². The minimum absolute atomic E-state index is 0.0171. The van der Waals surface area contributed by atoms with E-state index in [0.717, 1.165) is 5.69 Å². The second-order valence-electron chi connectivity index (χ2n) is 4.39. The Morgan fingerprint density at radius 3 is 2.71 bits per heavy atom. The Bertz CT molecular complexity index is 636. The molecule has 0 aliphatic heterocycles. The number of ether oxygens (including phenoxy) is 1. The molecule has 0 amide bonds. The van der Waals surface area contributed by atoms with Crippen LogP contribution in [0.15, 0.2) is 28.9 Å². The monoisotopic (exact) mass is 379 g/mol. The molecule has 0 fully saturated rings. The van der Waals surface area contributed by atoms with Crippen molar-refractivity contribution in [2.75, 3.05) is 5.32 Å². The molecule has 0 saturated heterocycles. The van der Waals surface area contributed by atoms with Gasteiger partial charge in [0, 0.05) is 18.3 Å². The second kappa shape index (κ2) is 6.62. The van der Waals surface area contributed by atoms with Gasteiger partial charge in [-0.2, -0.15) is 13.9 Å². The highest BCUT2D eigenvalue weighted by Gasteiger charge is 2.18. The zero-order valence-corrected chi connectivity index (χ0v) is 13.6. The fraction of sp³-hybridized carbons (Fsp3) is 0.308. The summed E-state index contributed by atoms with van der Waals surface area (Å²) in [5, 5.41) is 7.59. The van der Waals surface area contributed by atoms with Gasteiger partial charge in [-0.25, -0.2) is 0 Å². The third-order valence-corrected chi connectivity index (χ3v) is 3.70. The highest BCUT2D eigenvalue weighted by atomic mass is 79.9. The van der Waals surface area contributed by atoms with Crippen LogP contribution in [0.1, 0.15) is 18.7 Å². The van der Waals surface area contributed by atoms with Crippen LogP contribution in [0, 0.1) is 0 Å². The molecule has 0 spiro atoms. The first kappa shape index (κ1) is 16.0. The number of benzene rings is 1. The molecule has 0 bridgehead atoms. The van der Waals surface area contributed by atoms with E-state index in [2.05, 4.69) is 31.1 Å². The van der Waals surface area contributed by atoms with Crippen molar-refractivity contribution in [3.63, 3.8) is 0 Å². The first-order valence-corrected chi connectivity index (χ1v) is 7.24. The lowest BCUT2D eigenvalue weighted by molar-refractivity contribution is -0.0498. The van der Waals surface area contributed by atoms with Gasteiger partial charge in [0.15, 0.2) is 5.75 Å². The zero-order valence-electron chi connectivity index (χ0n) is 11.3. The molecule has 21 heavy (non-hydrogen) atoms. The van der Waals surface area contributed by atoms with Crippen LogP contribution < -0.4 is 10.1 Å². The van der Waals surface area contributed by atoms with Crippen LogP contribution in [0.4, 0.5) is 14.5 Å². The van der Waals surface area contributed by atoms with Crippen molar-refractivity contribution in [1.82, 2.24) is 9.78 Å². The van der Waals surface area contributed by atoms with Gasteiger partial charge in [-0.15, -0.1) is 0 Å². The van der Waals surface area contributed by atoms with Gasteiger partial charge in [0.05, 0.1) is 21.9 Å². The summed E-state index contributed by atoms with van der Waals surface area (Å²) in [6.45, 7) is -1.03. The van der Waals surface area contributed by atoms with E-state index in [1.807, 2.05) is 13.0 Å². The van der Waals surface area contributed by atoms with E-state index >= 15 is 0 Å². The van der Waals surface area contributed by atoms with Gasteiger partial charge in [0.1, 0.15) is 0 Å². The summed E-state index contributed by atoms with van der Waals surface area (Å²) in [6, 6.07) is 4.71. The number of anilines is 1. The molecule has 8 heteroatoms. The van der Waals surface area contributed by atoms with Crippen LogP contribution >= 0.6 is 27.5 Å². The molecule has 0 saturated carbocycles. The molecule has 0 radical (unpaired) electrons. The number of rotatable bonds is 5. The van der Waals surface area contributed by atoms with Crippen molar-refractivity contribution in [3.8, 4) is 5.75 Å². The van der Waals surface area contributed by atoms with E-state index in [1.54, 1.807) is 17.9 Å². The number of alkyl halides is 2. The van der Waals surface area contributed by atoms with Crippen LogP contribution in [0.2, 0.25) is 5.02 Å². The number of hydrogen-bond donors (Lipinski definition) is 1. The second-order valence-corrected chi connectivity index (χ2v) is 5.68. The molecule has 114 valence electrons. The molecule has 1 unspecified atom stereocenters. The Balaban J connectivity index is 2.32. The van der Waals surface area contributed by atoms with Gasteiger partial charge in [0.2, 0.25) is 0 Å². The third kappa shape index (κ3) is 3.85. The lowest BCUT2D eigenvalue weighted by Crippen LogP contribution is -2.13. The molecule has 4 nitrogen and oxygen atoms in total. The average molecular weight is 381 g/mol. The fourth-order valence-electron chi connectivity index (χ4n) is 1.99. The smallest absolute Gasteiger partial charge is 0.387 e. The normalized spacial score (nSPS) is 12.5. The average Bonchev–Trinajstić information content (AvgIpc) is 2.79. The molecule has 1 aromatic carbocycles. The van der Waals surface area contributed by atoms with Gasteiger partial charge in [-0.1, -0.05) is 11.6 Å². The maximum Gasteiger partial charge on any atom is 0.387 e. The fourth-order valence-corrected chi connectivity index (χ4v) is 2.90. The standard InChI is InChI=1S/C13H13BrClF2N3O/c1-7(11-3-4-18-20(11)2)19-10-6-8(15)5-9(14)12(10)21-13(16)17/h3-7,13,19H,1-2H3. The topological polar surface area (TPSA) is 39.1 Å². The van der Waals surface area contributed by atoms with Crippen LogP contribution in [-0.4, -0.2) is 16.4 Å². The van der Waals surface area contributed by atoms with Crippen LogP contribution in [0.25, 0.3) is 0 Å². The maximum atomic E-state index is 12.5. The summed E-state index contributed by atoms with van der Waals surface area (Å²) in [6.07, 6.45) is 1.66. The maximum absolute atomic E-state index is 12.5. The highest BCUT2D eigenvalue weighted by Crippen LogP contribution is 2.39. The molecule has 0 aliphatic carbocycles. The Labute approximate surface area is 134 Å². The molecule has 2 aromatic rings.